The Morgan fingerprint density at radius 1 is 1.14 bits per heavy atom. The standard InChI is InChI=1S/C16H16Cl2N2OS/c17-12-6-5-11(13(18)10-12)9-14-15(21)19-16(22-14)20-7-3-1-2-4-8-20/h5-6,9-10H,1-4,7-8H2. The van der Waals surface area contributed by atoms with Gasteiger partial charge in [-0.05, 0) is 48.4 Å². The molecule has 2 aliphatic heterocycles. The monoisotopic (exact) mass is 354 g/mol. The van der Waals surface area contributed by atoms with E-state index in [-0.39, 0.29) is 5.91 Å². The molecule has 0 N–H and O–H groups in total. The quantitative estimate of drug-likeness (QED) is 0.676. The van der Waals surface area contributed by atoms with Gasteiger partial charge in [-0.25, -0.2) is 0 Å². The van der Waals surface area contributed by atoms with Gasteiger partial charge >= 0.3 is 0 Å². The average molecular weight is 355 g/mol. The summed E-state index contributed by atoms with van der Waals surface area (Å²) in [4.78, 5) is 19.2. The van der Waals surface area contributed by atoms with E-state index in [1.165, 1.54) is 24.6 Å². The Labute approximate surface area is 144 Å². The number of carbonyl (C=O) groups is 1. The minimum Gasteiger partial charge on any atom is -0.351 e. The third-order valence-electron chi connectivity index (χ3n) is 3.73. The highest BCUT2D eigenvalue weighted by atomic mass is 35.5. The number of nitrogens with zero attached hydrogens (tertiary/aromatic N) is 2. The Morgan fingerprint density at radius 2 is 1.86 bits per heavy atom. The van der Waals surface area contributed by atoms with E-state index in [0.29, 0.717) is 15.0 Å². The van der Waals surface area contributed by atoms with Crippen LogP contribution in [-0.4, -0.2) is 29.1 Å². The normalized spacial score (nSPS) is 21.2. The van der Waals surface area contributed by atoms with Gasteiger partial charge in [-0.1, -0.05) is 42.1 Å². The zero-order valence-electron chi connectivity index (χ0n) is 12.0. The molecule has 0 radical (unpaired) electrons. The maximum atomic E-state index is 12.1. The molecule has 3 nitrogen and oxygen atoms in total. The molecule has 0 bridgehead atoms. The number of hydrogen-bond donors (Lipinski definition) is 0. The Morgan fingerprint density at radius 3 is 2.55 bits per heavy atom. The zero-order valence-corrected chi connectivity index (χ0v) is 14.3. The highest BCUT2D eigenvalue weighted by molar-refractivity contribution is 8.18. The molecule has 0 atom stereocenters. The van der Waals surface area contributed by atoms with Gasteiger partial charge in [0.05, 0.1) is 4.91 Å². The minimum atomic E-state index is -0.185. The maximum absolute atomic E-state index is 12.1. The molecule has 1 aromatic carbocycles. The molecular formula is C16H16Cl2N2OS. The van der Waals surface area contributed by atoms with E-state index in [4.69, 9.17) is 23.2 Å². The summed E-state index contributed by atoms with van der Waals surface area (Å²) in [5.74, 6) is -0.185. The van der Waals surface area contributed by atoms with Crippen LogP contribution < -0.4 is 0 Å². The Balaban J connectivity index is 1.77. The summed E-state index contributed by atoms with van der Waals surface area (Å²) in [5, 5.41) is 1.94. The second-order valence-corrected chi connectivity index (χ2v) is 7.23. The lowest BCUT2D eigenvalue weighted by atomic mass is 10.2. The van der Waals surface area contributed by atoms with Crippen molar-refractivity contribution in [1.29, 1.82) is 0 Å². The number of amidine groups is 1. The number of likely N-dealkylation sites (tertiary alicyclic amines) is 1. The number of rotatable bonds is 1. The lowest BCUT2D eigenvalue weighted by molar-refractivity contribution is -0.113. The van der Waals surface area contributed by atoms with Crippen molar-refractivity contribution in [3.63, 3.8) is 0 Å². The molecule has 3 rings (SSSR count). The maximum Gasteiger partial charge on any atom is 0.286 e. The summed E-state index contributed by atoms with van der Waals surface area (Å²) in [7, 11) is 0. The molecule has 0 unspecified atom stereocenters. The zero-order chi connectivity index (χ0) is 15.5. The molecule has 1 fully saturated rings. The molecule has 0 spiro atoms. The summed E-state index contributed by atoms with van der Waals surface area (Å²) in [6, 6.07) is 5.26. The van der Waals surface area contributed by atoms with Crippen LogP contribution in [0.2, 0.25) is 10.0 Å². The summed E-state index contributed by atoms with van der Waals surface area (Å²) in [6.07, 6.45) is 6.63. The predicted molar refractivity (Wildman–Crippen MR) is 94.5 cm³/mol. The molecule has 0 aliphatic carbocycles. The number of hydrogen-bond acceptors (Lipinski definition) is 3. The minimum absolute atomic E-state index is 0.185. The van der Waals surface area contributed by atoms with Gasteiger partial charge in [0, 0.05) is 23.1 Å². The number of thioether (sulfide) groups is 1. The van der Waals surface area contributed by atoms with Gasteiger partial charge in [0.25, 0.3) is 5.91 Å². The van der Waals surface area contributed by atoms with Crippen LogP contribution in [0.25, 0.3) is 6.08 Å². The molecule has 2 heterocycles. The first-order chi connectivity index (χ1) is 10.6. The smallest absolute Gasteiger partial charge is 0.286 e. The van der Waals surface area contributed by atoms with Gasteiger partial charge in [-0.15, -0.1) is 0 Å². The first kappa shape index (κ1) is 15.9. The van der Waals surface area contributed by atoms with Crippen molar-refractivity contribution in [2.75, 3.05) is 13.1 Å². The fourth-order valence-electron chi connectivity index (χ4n) is 2.56. The van der Waals surface area contributed by atoms with Crippen LogP contribution in [0.4, 0.5) is 0 Å². The number of benzene rings is 1. The third-order valence-corrected chi connectivity index (χ3v) is 5.34. The first-order valence-electron chi connectivity index (χ1n) is 7.36. The van der Waals surface area contributed by atoms with Gasteiger partial charge < -0.3 is 4.90 Å². The van der Waals surface area contributed by atoms with Crippen molar-refractivity contribution in [1.82, 2.24) is 4.90 Å². The van der Waals surface area contributed by atoms with Crippen LogP contribution in [-0.2, 0) is 4.79 Å². The average Bonchev–Trinajstić information content (AvgIpc) is 2.70. The van der Waals surface area contributed by atoms with E-state index < -0.39 is 0 Å². The number of carbonyl (C=O) groups excluding carboxylic acids is 1. The Bertz CT molecular complexity index is 650. The van der Waals surface area contributed by atoms with E-state index in [1.54, 1.807) is 18.2 Å². The second kappa shape index (κ2) is 7.07. The van der Waals surface area contributed by atoms with Crippen molar-refractivity contribution >= 4 is 52.1 Å². The van der Waals surface area contributed by atoms with Crippen molar-refractivity contribution in [3.8, 4) is 0 Å². The number of halogens is 2. The topological polar surface area (TPSA) is 32.7 Å². The van der Waals surface area contributed by atoms with Crippen molar-refractivity contribution in [3.05, 3.63) is 38.7 Å². The van der Waals surface area contributed by atoms with Crippen LogP contribution in [0.3, 0.4) is 0 Å². The summed E-state index contributed by atoms with van der Waals surface area (Å²) in [5.41, 5.74) is 0.786. The predicted octanol–water partition coefficient (Wildman–Crippen LogP) is 4.84. The largest absolute Gasteiger partial charge is 0.351 e. The molecule has 116 valence electrons. The molecule has 22 heavy (non-hydrogen) atoms. The molecule has 6 heteroatoms. The number of aliphatic imine (C=N–C) groups is 1. The van der Waals surface area contributed by atoms with Crippen molar-refractivity contribution < 1.29 is 4.79 Å². The highest BCUT2D eigenvalue weighted by Crippen LogP contribution is 2.33. The first-order valence-corrected chi connectivity index (χ1v) is 8.93. The van der Waals surface area contributed by atoms with Crippen LogP contribution in [0.1, 0.15) is 31.2 Å². The third kappa shape index (κ3) is 3.67. The Hall–Kier alpha value is -0.970. The second-order valence-electron chi connectivity index (χ2n) is 5.38. The van der Waals surface area contributed by atoms with Gasteiger partial charge in [-0.2, -0.15) is 4.99 Å². The van der Waals surface area contributed by atoms with Crippen molar-refractivity contribution in [2.45, 2.75) is 25.7 Å². The van der Waals surface area contributed by atoms with E-state index >= 15 is 0 Å². The van der Waals surface area contributed by atoms with E-state index in [2.05, 4.69) is 9.89 Å². The fraction of sp³-hybridized carbons (Fsp3) is 0.375. The van der Waals surface area contributed by atoms with Crippen LogP contribution in [0.15, 0.2) is 28.1 Å². The summed E-state index contributed by atoms with van der Waals surface area (Å²) in [6.45, 7) is 1.96. The van der Waals surface area contributed by atoms with Gasteiger partial charge in [0.1, 0.15) is 0 Å². The van der Waals surface area contributed by atoms with Gasteiger partial charge in [0.2, 0.25) is 0 Å². The van der Waals surface area contributed by atoms with Crippen LogP contribution in [0, 0.1) is 0 Å². The molecule has 1 saturated heterocycles. The van der Waals surface area contributed by atoms with Gasteiger partial charge in [0.15, 0.2) is 5.17 Å². The van der Waals surface area contributed by atoms with Crippen LogP contribution >= 0.6 is 35.0 Å². The molecule has 0 aromatic heterocycles. The number of amides is 1. The fourth-order valence-corrected chi connectivity index (χ4v) is 3.97. The molecule has 1 amide bonds. The van der Waals surface area contributed by atoms with E-state index in [9.17, 15) is 4.79 Å². The van der Waals surface area contributed by atoms with Crippen molar-refractivity contribution in [2.24, 2.45) is 4.99 Å². The van der Waals surface area contributed by atoms with E-state index in [1.807, 2.05) is 6.07 Å². The van der Waals surface area contributed by atoms with E-state index in [0.717, 1.165) is 36.7 Å². The molecule has 1 aromatic rings. The lowest BCUT2D eigenvalue weighted by Gasteiger charge is -2.20. The summed E-state index contributed by atoms with van der Waals surface area (Å²) >= 11 is 13.5. The molecular weight excluding hydrogens is 339 g/mol. The summed E-state index contributed by atoms with van der Waals surface area (Å²) < 4.78 is 0. The lowest BCUT2D eigenvalue weighted by Crippen LogP contribution is -2.28. The molecule has 2 aliphatic rings. The highest BCUT2D eigenvalue weighted by Gasteiger charge is 2.26. The molecule has 0 saturated carbocycles. The Kier molecular flexibility index (Phi) is 5.11. The SMILES string of the molecule is O=C1N=C(N2CCCCCC2)SC1=Cc1ccc(Cl)cc1Cl. The van der Waals surface area contributed by atoms with Crippen LogP contribution in [0.5, 0.6) is 0 Å². The van der Waals surface area contributed by atoms with Gasteiger partial charge in [-0.3, -0.25) is 4.79 Å².